The van der Waals surface area contributed by atoms with Gasteiger partial charge in [-0.1, -0.05) is 0 Å². The molecule has 13 heavy (non-hydrogen) atoms. The Hall–Kier alpha value is -1.39. The van der Waals surface area contributed by atoms with Gasteiger partial charge in [0.2, 0.25) is 11.6 Å². The minimum absolute atomic E-state index is 0.0443. The van der Waals surface area contributed by atoms with Gasteiger partial charge in [0.25, 0.3) is 0 Å². The summed E-state index contributed by atoms with van der Waals surface area (Å²) in [5.41, 5.74) is 0.990. The lowest BCUT2D eigenvalue weighted by molar-refractivity contribution is 0.308. The smallest absolute Gasteiger partial charge is 0.240 e. The molecule has 0 aromatic carbocycles. The zero-order valence-corrected chi connectivity index (χ0v) is 7.96. The Morgan fingerprint density at radius 2 is 2.15 bits per heavy atom. The molecule has 1 aliphatic heterocycles. The molecule has 0 radical (unpaired) electrons. The number of nitrogens with one attached hydrogen (secondary N) is 1. The van der Waals surface area contributed by atoms with E-state index in [0.29, 0.717) is 11.6 Å². The van der Waals surface area contributed by atoms with Gasteiger partial charge in [0.15, 0.2) is 0 Å². The van der Waals surface area contributed by atoms with Crippen molar-refractivity contribution in [3.63, 3.8) is 0 Å². The second-order valence-electron chi connectivity index (χ2n) is 3.97. The molecule has 1 N–H and O–H groups in total. The first-order chi connectivity index (χ1) is 6.07. The molecule has 70 valence electrons. The zero-order valence-electron chi connectivity index (χ0n) is 7.96. The van der Waals surface area contributed by atoms with Crippen molar-refractivity contribution in [2.45, 2.75) is 32.7 Å². The Morgan fingerprint density at radius 1 is 1.38 bits per heavy atom. The number of anilines is 1. The van der Waals surface area contributed by atoms with Crippen LogP contribution in [-0.4, -0.2) is 21.6 Å². The van der Waals surface area contributed by atoms with Gasteiger partial charge in [-0.2, -0.15) is 0 Å². The van der Waals surface area contributed by atoms with Crippen LogP contribution in [0.3, 0.4) is 0 Å². The van der Waals surface area contributed by atoms with E-state index in [1.165, 1.54) is 0 Å². The fourth-order valence-electron chi connectivity index (χ4n) is 1.56. The number of rotatable bonds is 0. The lowest BCUT2D eigenvalue weighted by atomic mass is 9.98. The van der Waals surface area contributed by atoms with E-state index in [0.717, 1.165) is 12.1 Å². The highest BCUT2D eigenvalue weighted by Crippen LogP contribution is 2.28. The van der Waals surface area contributed by atoms with E-state index in [1.807, 2.05) is 6.92 Å². The summed E-state index contributed by atoms with van der Waals surface area (Å²) >= 11 is 0. The highest BCUT2D eigenvalue weighted by molar-refractivity contribution is 5.88. The van der Waals surface area contributed by atoms with Gasteiger partial charge < -0.3 is 5.32 Å². The van der Waals surface area contributed by atoms with Gasteiger partial charge in [-0.15, -0.1) is 0 Å². The van der Waals surface area contributed by atoms with Crippen molar-refractivity contribution in [3.05, 3.63) is 0 Å². The van der Waals surface area contributed by atoms with E-state index in [4.69, 9.17) is 0 Å². The van der Waals surface area contributed by atoms with Crippen LogP contribution >= 0.6 is 0 Å². The Kier molecular flexibility index (Phi) is 1.61. The Balaban J connectivity index is 2.45. The second kappa shape index (κ2) is 2.55. The summed E-state index contributed by atoms with van der Waals surface area (Å²) in [6.07, 6.45) is 0.880. The standard InChI is InChI=1S/C8H12N4O/c1-5-4-8(2,3)10-7-6(9-5)11-13-12-7/h4H2,1-3H3,(H,10,12). The first kappa shape index (κ1) is 8.22. The number of nitrogens with zero attached hydrogens (tertiary/aromatic N) is 3. The number of hydrogen-bond donors (Lipinski definition) is 1. The van der Waals surface area contributed by atoms with Crippen molar-refractivity contribution in [2.75, 3.05) is 5.32 Å². The molecule has 0 saturated heterocycles. The first-order valence-corrected chi connectivity index (χ1v) is 4.22. The van der Waals surface area contributed by atoms with Crippen LogP contribution < -0.4 is 5.32 Å². The SMILES string of the molecule is CC1=Nc2nonc2NC(C)(C)C1. The summed E-state index contributed by atoms with van der Waals surface area (Å²) in [4.78, 5) is 4.28. The highest BCUT2D eigenvalue weighted by Gasteiger charge is 2.25. The van der Waals surface area contributed by atoms with Gasteiger partial charge in [-0.25, -0.2) is 9.62 Å². The number of fused-ring (bicyclic) bond motifs is 1. The normalized spacial score (nSPS) is 19.8. The summed E-state index contributed by atoms with van der Waals surface area (Å²) in [5, 5.41) is 10.7. The highest BCUT2D eigenvalue weighted by atomic mass is 16.6. The molecule has 1 aromatic heterocycles. The minimum atomic E-state index is -0.0443. The van der Waals surface area contributed by atoms with Crippen molar-refractivity contribution in [3.8, 4) is 0 Å². The van der Waals surface area contributed by atoms with Gasteiger partial charge in [0.05, 0.1) is 0 Å². The van der Waals surface area contributed by atoms with Gasteiger partial charge in [0.1, 0.15) is 0 Å². The fourth-order valence-corrected chi connectivity index (χ4v) is 1.56. The zero-order chi connectivity index (χ0) is 9.47. The lowest BCUT2D eigenvalue weighted by Crippen LogP contribution is -2.32. The van der Waals surface area contributed by atoms with Gasteiger partial charge in [0, 0.05) is 17.7 Å². The van der Waals surface area contributed by atoms with Crippen molar-refractivity contribution in [1.29, 1.82) is 0 Å². The largest absolute Gasteiger partial charge is 0.359 e. The molecule has 5 heteroatoms. The number of aliphatic imine (C=N–C) groups is 1. The average molecular weight is 180 g/mol. The quantitative estimate of drug-likeness (QED) is 0.660. The van der Waals surface area contributed by atoms with Crippen LogP contribution in [0, 0.1) is 0 Å². The van der Waals surface area contributed by atoms with Crippen molar-refractivity contribution < 1.29 is 4.63 Å². The topological polar surface area (TPSA) is 63.3 Å². The van der Waals surface area contributed by atoms with Crippen molar-refractivity contribution in [2.24, 2.45) is 4.99 Å². The second-order valence-corrected chi connectivity index (χ2v) is 3.97. The third kappa shape index (κ3) is 1.54. The van der Waals surface area contributed by atoms with Crippen LogP contribution in [0.4, 0.5) is 11.6 Å². The fraction of sp³-hybridized carbons (Fsp3) is 0.625. The van der Waals surface area contributed by atoms with Crippen LogP contribution in [-0.2, 0) is 0 Å². The predicted octanol–water partition coefficient (Wildman–Crippen LogP) is 1.76. The Bertz CT molecular complexity index is 353. The first-order valence-electron chi connectivity index (χ1n) is 4.22. The Morgan fingerprint density at radius 3 is 2.92 bits per heavy atom. The molecule has 2 rings (SSSR count). The van der Waals surface area contributed by atoms with Crippen LogP contribution in [0.15, 0.2) is 9.62 Å². The molecule has 0 saturated carbocycles. The molecule has 0 spiro atoms. The van der Waals surface area contributed by atoms with Gasteiger partial charge in [-0.05, 0) is 31.1 Å². The molecule has 0 atom stereocenters. The maximum atomic E-state index is 4.60. The number of aromatic nitrogens is 2. The maximum Gasteiger partial charge on any atom is 0.240 e. The van der Waals surface area contributed by atoms with Gasteiger partial charge in [-0.3, -0.25) is 0 Å². The molecule has 5 nitrogen and oxygen atoms in total. The van der Waals surface area contributed by atoms with Crippen molar-refractivity contribution >= 4 is 17.3 Å². The van der Waals surface area contributed by atoms with E-state index in [9.17, 15) is 0 Å². The van der Waals surface area contributed by atoms with E-state index >= 15 is 0 Å². The monoisotopic (exact) mass is 180 g/mol. The van der Waals surface area contributed by atoms with Crippen molar-refractivity contribution in [1.82, 2.24) is 10.3 Å². The third-order valence-electron chi connectivity index (χ3n) is 1.92. The van der Waals surface area contributed by atoms with Crippen LogP contribution in [0.1, 0.15) is 27.2 Å². The summed E-state index contributed by atoms with van der Waals surface area (Å²) in [7, 11) is 0. The minimum Gasteiger partial charge on any atom is -0.359 e. The average Bonchev–Trinajstić information content (AvgIpc) is 2.30. The summed E-state index contributed by atoms with van der Waals surface area (Å²) in [6, 6.07) is 0. The summed E-state index contributed by atoms with van der Waals surface area (Å²) in [6.45, 7) is 6.17. The molecule has 0 fully saturated rings. The molecule has 0 bridgehead atoms. The third-order valence-corrected chi connectivity index (χ3v) is 1.92. The van der Waals surface area contributed by atoms with E-state index in [-0.39, 0.29) is 5.54 Å². The van der Waals surface area contributed by atoms with Crippen LogP contribution in [0.5, 0.6) is 0 Å². The van der Waals surface area contributed by atoms with Crippen LogP contribution in [0.25, 0.3) is 0 Å². The summed E-state index contributed by atoms with van der Waals surface area (Å²) < 4.78 is 4.60. The maximum absolute atomic E-state index is 4.60. The lowest BCUT2D eigenvalue weighted by Gasteiger charge is -2.23. The summed E-state index contributed by atoms with van der Waals surface area (Å²) in [5.74, 6) is 1.17. The van der Waals surface area contributed by atoms with Crippen LogP contribution in [0.2, 0.25) is 0 Å². The number of hydrogen-bond acceptors (Lipinski definition) is 5. The molecule has 1 aromatic rings. The molecule has 2 heterocycles. The molecule has 1 aliphatic rings. The van der Waals surface area contributed by atoms with E-state index in [2.05, 4.69) is 39.1 Å². The predicted molar refractivity (Wildman–Crippen MR) is 49.4 cm³/mol. The van der Waals surface area contributed by atoms with Gasteiger partial charge >= 0.3 is 0 Å². The molecular weight excluding hydrogens is 168 g/mol. The molecule has 0 aliphatic carbocycles. The molecule has 0 amide bonds. The Labute approximate surface area is 76.2 Å². The van der Waals surface area contributed by atoms with E-state index in [1.54, 1.807) is 0 Å². The molecular formula is C8H12N4O. The van der Waals surface area contributed by atoms with E-state index < -0.39 is 0 Å². The molecule has 0 unspecified atom stereocenters.